The van der Waals surface area contributed by atoms with Gasteiger partial charge in [-0.2, -0.15) is 0 Å². The molecule has 112 valence electrons. The van der Waals surface area contributed by atoms with Crippen LogP contribution in [0.4, 0.5) is 4.79 Å². The fourth-order valence-electron chi connectivity index (χ4n) is 2.00. The number of nitrogens with one attached hydrogen (secondary N) is 1. The molecule has 0 saturated heterocycles. The van der Waals surface area contributed by atoms with Gasteiger partial charge in [-0.15, -0.1) is 0 Å². The summed E-state index contributed by atoms with van der Waals surface area (Å²) in [5.74, 6) is 0.206. The molecule has 0 saturated carbocycles. The Bertz CT molecular complexity index is 424. The standard InChI is InChI=1S/C16H26N2O2/c1-11(2)14(18-15(19)20-16(3,4)5)13(17)12-9-7-6-8-10-12/h6-11,13-14H,17H2,1-5H3,(H,18,19)/t13-,14-/m1/s1. The molecule has 1 aromatic rings. The van der Waals surface area contributed by atoms with E-state index in [0.29, 0.717) is 0 Å². The van der Waals surface area contributed by atoms with E-state index in [0.717, 1.165) is 5.56 Å². The van der Waals surface area contributed by atoms with Crippen molar-refractivity contribution < 1.29 is 9.53 Å². The highest BCUT2D eigenvalue weighted by Crippen LogP contribution is 2.20. The number of hydrogen-bond donors (Lipinski definition) is 2. The molecule has 4 nitrogen and oxygen atoms in total. The summed E-state index contributed by atoms with van der Waals surface area (Å²) in [6.45, 7) is 9.59. The molecule has 0 radical (unpaired) electrons. The summed E-state index contributed by atoms with van der Waals surface area (Å²) in [6.07, 6.45) is -0.428. The zero-order valence-electron chi connectivity index (χ0n) is 13.0. The molecule has 0 aliphatic heterocycles. The van der Waals surface area contributed by atoms with Crippen LogP contribution in [0.5, 0.6) is 0 Å². The van der Waals surface area contributed by atoms with Crippen molar-refractivity contribution in [2.75, 3.05) is 0 Å². The van der Waals surface area contributed by atoms with Gasteiger partial charge in [-0.25, -0.2) is 4.79 Å². The first-order chi connectivity index (χ1) is 9.20. The normalized spacial score (nSPS) is 14.8. The molecule has 0 aromatic heterocycles. The van der Waals surface area contributed by atoms with E-state index >= 15 is 0 Å². The van der Waals surface area contributed by atoms with Crippen LogP contribution in [0, 0.1) is 5.92 Å². The van der Waals surface area contributed by atoms with Gasteiger partial charge in [0.15, 0.2) is 0 Å². The maximum absolute atomic E-state index is 11.9. The summed E-state index contributed by atoms with van der Waals surface area (Å²) in [4.78, 5) is 11.9. The number of nitrogens with two attached hydrogens (primary N) is 1. The number of carbonyl (C=O) groups is 1. The molecule has 0 unspecified atom stereocenters. The third-order valence-corrected chi connectivity index (χ3v) is 2.97. The lowest BCUT2D eigenvalue weighted by atomic mass is 9.92. The van der Waals surface area contributed by atoms with Gasteiger partial charge in [-0.1, -0.05) is 44.2 Å². The van der Waals surface area contributed by atoms with Gasteiger partial charge in [0.2, 0.25) is 0 Å². The number of amides is 1. The van der Waals surface area contributed by atoms with Crippen LogP contribution >= 0.6 is 0 Å². The highest BCUT2D eigenvalue weighted by Gasteiger charge is 2.26. The Kier molecular flexibility index (Phi) is 5.57. The lowest BCUT2D eigenvalue weighted by Gasteiger charge is -2.30. The van der Waals surface area contributed by atoms with E-state index in [-0.39, 0.29) is 18.0 Å². The molecule has 0 heterocycles. The van der Waals surface area contributed by atoms with Crippen molar-refractivity contribution in [1.82, 2.24) is 5.32 Å². The monoisotopic (exact) mass is 278 g/mol. The minimum absolute atomic E-state index is 0.174. The third kappa shape index (κ3) is 5.21. The van der Waals surface area contributed by atoms with Crippen molar-refractivity contribution in [1.29, 1.82) is 0 Å². The van der Waals surface area contributed by atoms with Gasteiger partial charge < -0.3 is 15.8 Å². The highest BCUT2D eigenvalue weighted by molar-refractivity contribution is 5.68. The highest BCUT2D eigenvalue weighted by atomic mass is 16.6. The SMILES string of the molecule is CC(C)[C@@H](NC(=O)OC(C)(C)C)[C@H](N)c1ccccc1. The van der Waals surface area contributed by atoms with Crippen LogP contribution in [-0.4, -0.2) is 17.7 Å². The number of benzene rings is 1. The molecule has 2 atom stereocenters. The van der Waals surface area contributed by atoms with E-state index in [1.165, 1.54) is 0 Å². The van der Waals surface area contributed by atoms with Gasteiger partial charge >= 0.3 is 6.09 Å². The van der Waals surface area contributed by atoms with Gasteiger partial charge in [0.25, 0.3) is 0 Å². The Morgan fingerprint density at radius 3 is 2.20 bits per heavy atom. The fourth-order valence-corrected chi connectivity index (χ4v) is 2.00. The molecule has 20 heavy (non-hydrogen) atoms. The number of alkyl carbamates (subject to hydrolysis) is 1. The topological polar surface area (TPSA) is 64.3 Å². The first kappa shape index (κ1) is 16.5. The van der Waals surface area contributed by atoms with Crippen LogP contribution in [-0.2, 0) is 4.74 Å². The molecule has 1 amide bonds. The second-order valence-corrected chi connectivity index (χ2v) is 6.35. The molecule has 4 heteroatoms. The molecule has 1 aromatic carbocycles. The van der Waals surface area contributed by atoms with Crippen molar-refractivity contribution in [3.8, 4) is 0 Å². The van der Waals surface area contributed by atoms with Crippen molar-refractivity contribution in [2.24, 2.45) is 11.7 Å². The summed E-state index contributed by atoms with van der Waals surface area (Å²) in [7, 11) is 0. The summed E-state index contributed by atoms with van der Waals surface area (Å²) in [6, 6.07) is 9.34. The molecule has 0 fully saturated rings. The van der Waals surface area contributed by atoms with Crippen LogP contribution in [0.25, 0.3) is 0 Å². The number of hydrogen-bond acceptors (Lipinski definition) is 3. The smallest absolute Gasteiger partial charge is 0.407 e. The van der Waals surface area contributed by atoms with Gasteiger partial charge in [0.05, 0.1) is 12.1 Å². The van der Waals surface area contributed by atoms with Crippen LogP contribution in [0.15, 0.2) is 30.3 Å². The maximum Gasteiger partial charge on any atom is 0.407 e. The third-order valence-electron chi connectivity index (χ3n) is 2.97. The van der Waals surface area contributed by atoms with E-state index in [1.807, 2.05) is 65.0 Å². The molecule has 0 bridgehead atoms. The number of rotatable bonds is 4. The quantitative estimate of drug-likeness (QED) is 0.888. The maximum atomic E-state index is 11.9. The van der Waals surface area contributed by atoms with Crippen LogP contribution in [0.2, 0.25) is 0 Å². The van der Waals surface area contributed by atoms with Crippen molar-refractivity contribution in [3.63, 3.8) is 0 Å². The fraction of sp³-hybridized carbons (Fsp3) is 0.562. The molecule has 1 rings (SSSR count). The average molecular weight is 278 g/mol. The van der Waals surface area contributed by atoms with E-state index in [2.05, 4.69) is 5.32 Å². The average Bonchev–Trinajstić information content (AvgIpc) is 2.34. The second-order valence-electron chi connectivity index (χ2n) is 6.35. The Balaban J connectivity index is 2.77. The molecular formula is C16H26N2O2. The molecule has 0 aliphatic carbocycles. The summed E-state index contributed by atoms with van der Waals surface area (Å²) in [5.41, 5.74) is 6.77. The van der Waals surface area contributed by atoms with Crippen LogP contribution in [0.3, 0.4) is 0 Å². The Labute approximate surface area is 121 Å². The molecule has 3 N–H and O–H groups in total. The van der Waals surface area contributed by atoms with Crippen molar-refractivity contribution in [3.05, 3.63) is 35.9 Å². The van der Waals surface area contributed by atoms with Gasteiger partial charge in [0, 0.05) is 0 Å². The van der Waals surface area contributed by atoms with E-state index in [1.54, 1.807) is 0 Å². The van der Waals surface area contributed by atoms with E-state index in [4.69, 9.17) is 10.5 Å². The summed E-state index contributed by atoms with van der Waals surface area (Å²) < 4.78 is 5.30. The van der Waals surface area contributed by atoms with Crippen molar-refractivity contribution >= 4 is 6.09 Å². The molecular weight excluding hydrogens is 252 g/mol. The second kappa shape index (κ2) is 6.75. The number of carbonyl (C=O) groups excluding carboxylic acids is 1. The van der Waals surface area contributed by atoms with Gasteiger partial charge in [-0.05, 0) is 32.3 Å². The summed E-state index contributed by atoms with van der Waals surface area (Å²) in [5, 5.41) is 2.89. The molecule has 0 spiro atoms. The largest absolute Gasteiger partial charge is 0.444 e. The summed E-state index contributed by atoms with van der Waals surface area (Å²) >= 11 is 0. The zero-order valence-corrected chi connectivity index (χ0v) is 13.0. The van der Waals surface area contributed by atoms with E-state index in [9.17, 15) is 4.79 Å². The Hall–Kier alpha value is -1.55. The van der Waals surface area contributed by atoms with Gasteiger partial charge in [0.1, 0.15) is 5.60 Å². The minimum atomic E-state index is -0.511. The zero-order chi connectivity index (χ0) is 15.3. The lowest BCUT2D eigenvalue weighted by molar-refractivity contribution is 0.0480. The van der Waals surface area contributed by atoms with Crippen molar-refractivity contribution in [2.45, 2.75) is 52.3 Å². The predicted octanol–water partition coefficient (Wildman–Crippen LogP) is 3.24. The molecule has 0 aliphatic rings. The van der Waals surface area contributed by atoms with Crippen LogP contribution < -0.4 is 11.1 Å². The Morgan fingerprint density at radius 2 is 1.75 bits per heavy atom. The van der Waals surface area contributed by atoms with E-state index < -0.39 is 11.7 Å². The Morgan fingerprint density at radius 1 is 1.20 bits per heavy atom. The first-order valence-electron chi connectivity index (χ1n) is 7.01. The van der Waals surface area contributed by atoms with Gasteiger partial charge in [-0.3, -0.25) is 0 Å². The first-order valence-corrected chi connectivity index (χ1v) is 7.01. The number of ether oxygens (including phenoxy) is 1. The van der Waals surface area contributed by atoms with Crippen LogP contribution in [0.1, 0.15) is 46.2 Å². The minimum Gasteiger partial charge on any atom is -0.444 e. The predicted molar refractivity (Wildman–Crippen MR) is 81.4 cm³/mol. The lowest BCUT2D eigenvalue weighted by Crippen LogP contribution is -2.47.